The van der Waals surface area contributed by atoms with E-state index < -0.39 is 5.97 Å². The van der Waals surface area contributed by atoms with Crippen LogP contribution in [0.3, 0.4) is 0 Å². The minimum Gasteiger partial charge on any atom is -0.481 e. The van der Waals surface area contributed by atoms with Gasteiger partial charge in [-0.15, -0.1) is 0 Å². The van der Waals surface area contributed by atoms with E-state index in [4.69, 9.17) is 5.11 Å². The fourth-order valence-corrected chi connectivity index (χ4v) is 3.71. The summed E-state index contributed by atoms with van der Waals surface area (Å²) in [5.74, 6) is -0.299. The van der Waals surface area contributed by atoms with E-state index in [-0.39, 0.29) is 0 Å². The number of aryl methyl sites for hydroxylation is 1. The number of likely N-dealkylation sites (tertiary alicyclic amines) is 1. The van der Waals surface area contributed by atoms with Crippen LogP contribution in [0.15, 0.2) is 22.7 Å². The van der Waals surface area contributed by atoms with Crippen molar-refractivity contribution < 1.29 is 9.90 Å². The predicted octanol–water partition coefficient (Wildman–Crippen LogP) is 2.71. The maximum Gasteiger partial charge on any atom is 0.303 e. The number of fused-ring (bicyclic) bond motifs is 1. The molecule has 3 rings (SSSR count). The first kappa shape index (κ1) is 13.1. The highest BCUT2D eigenvalue weighted by molar-refractivity contribution is 9.10. The summed E-state index contributed by atoms with van der Waals surface area (Å²) in [4.78, 5) is 13.1. The minimum atomic E-state index is -0.663. The van der Waals surface area contributed by atoms with Crippen molar-refractivity contribution >= 4 is 21.9 Å². The lowest BCUT2D eigenvalue weighted by Crippen LogP contribution is -2.54. The number of carboxylic acid groups (broad SMARTS) is 1. The third kappa shape index (κ3) is 2.84. The van der Waals surface area contributed by atoms with E-state index in [0.717, 1.165) is 30.4 Å². The van der Waals surface area contributed by atoms with Gasteiger partial charge < -0.3 is 5.11 Å². The average Bonchev–Trinajstić information content (AvgIpc) is 2.32. The van der Waals surface area contributed by atoms with Crippen LogP contribution in [-0.4, -0.2) is 35.1 Å². The molecule has 0 bridgehead atoms. The summed E-state index contributed by atoms with van der Waals surface area (Å²) in [6, 6.07) is 7.18. The summed E-state index contributed by atoms with van der Waals surface area (Å²) in [6.45, 7) is 1.92. The molecule has 0 spiro atoms. The molecule has 0 radical (unpaired) electrons. The lowest BCUT2D eigenvalue weighted by atomic mass is 9.84. The normalized spacial score (nSPS) is 23.7. The highest BCUT2D eigenvalue weighted by Gasteiger charge is 2.34. The van der Waals surface area contributed by atoms with Gasteiger partial charge in [-0.3, -0.25) is 9.69 Å². The van der Waals surface area contributed by atoms with Gasteiger partial charge in [0.2, 0.25) is 0 Å². The molecule has 102 valence electrons. The van der Waals surface area contributed by atoms with Crippen LogP contribution in [0.2, 0.25) is 0 Å². The molecule has 1 atom stereocenters. The number of hydrogen-bond acceptors (Lipinski definition) is 2. The zero-order valence-electron chi connectivity index (χ0n) is 10.8. The number of carboxylic acids is 1. The second-order valence-corrected chi connectivity index (χ2v) is 6.64. The number of nitrogens with zero attached hydrogens (tertiary/aromatic N) is 1. The van der Waals surface area contributed by atoms with Crippen LogP contribution < -0.4 is 0 Å². The van der Waals surface area contributed by atoms with Gasteiger partial charge in [-0.25, -0.2) is 0 Å². The van der Waals surface area contributed by atoms with Gasteiger partial charge >= 0.3 is 5.97 Å². The van der Waals surface area contributed by atoms with Gasteiger partial charge in [0.1, 0.15) is 0 Å². The molecular formula is C15H18BrNO2. The van der Waals surface area contributed by atoms with Crippen LogP contribution >= 0.6 is 15.9 Å². The van der Waals surface area contributed by atoms with E-state index >= 15 is 0 Å². The van der Waals surface area contributed by atoms with Crippen molar-refractivity contribution in [3.05, 3.63) is 33.8 Å². The molecule has 1 fully saturated rings. The maximum absolute atomic E-state index is 10.7. The lowest BCUT2D eigenvalue weighted by molar-refractivity contribution is -0.139. The molecule has 4 heteroatoms. The van der Waals surface area contributed by atoms with Crippen molar-refractivity contribution in [2.75, 3.05) is 13.1 Å². The van der Waals surface area contributed by atoms with E-state index in [2.05, 4.69) is 39.0 Å². The Morgan fingerprint density at radius 1 is 1.37 bits per heavy atom. The first-order valence-electron chi connectivity index (χ1n) is 6.85. The van der Waals surface area contributed by atoms with E-state index in [9.17, 15) is 4.79 Å². The molecule has 2 aliphatic rings. The second kappa shape index (κ2) is 5.25. The summed E-state index contributed by atoms with van der Waals surface area (Å²) in [5.41, 5.74) is 2.93. The third-order valence-electron chi connectivity index (χ3n) is 4.34. The molecule has 1 aromatic rings. The van der Waals surface area contributed by atoms with Gasteiger partial charge in [-0.2, -0.15) is 0 Å². The topological polar surface area (TPSA) is 40.5 Å². The fraction of sp³-hybridized carbons (Fsp3) is 0.533. The second-order valence-electron chi connectivity index (χ2n) is 5.73. The van der Waals surface area contributed by atoms with Crippen LogP contribution in [-0.2, 0) is 17.6 Å². The van der Waals surface area contributed by atoms with Crippen molar-refractivity contribution in [3.8, 4) is 0 Å². The highest BCUT2D eigenvalue weighted by atomic mass is 79.9. The fourth-order valence-electron chi connectivity index (χ4n) is 3.30. The monoisotopic (exact) mass is 323 g/mol. The van der Waals surface area contributed by atoms with Gasteiger partial charge in [-0.05, 0) is 48.4 Å². The standard InChI is InChI=1S/C15H18BrNO2/c16-13-3-1-12-7-14(4-2-11(12)6-13)17-8-10(9-17)5-15(18)19/h1,3,6,10,14H,2,4-5,7-9H2,(H,18,19). The van der Waals surface area contributed by atoms with E-state index in [1.807, 2.05) is 0 Å². The molecule has 0 saturated carbocycles. The van der Waals surface area contributed by atoms with Gasteiger partial charge in [0.15, 0.2) is 0 Å². The van der Waals surface area contributed by atoms with Crippen molar-refractivity contribution in [2.45, 2.75) is 31.7 Å². The summed E-state index contributed by atoms with van der Waals surface area (Å²) >= 11 is 3.52. The first-order valence-corrected chi connectivity index (χ1v) is 7.64. The van der Waals surface area contributed by atoms with Gasteiger partial charge in [0.25, 0.3) is 0 Å². The maximum atomic E-state index is 10.7. The number of benzene rings is 1. The molecule has 0 amide bonds. The number of halogens is 1. The Kier molecular flexibility index (Phi) is 3.63. The third-order valence-corrected chi connectivity index (χ3v) is 4.83. The largest absolute Gasteiger partial charge is 0.481 e. The van der Waals surface area contributed by atoms with Crippen molar-refractivity contribution in [1.29, 1.82) is 0 Å². The molecule has 1 saturated heterocycles. The highest BCUT2D eigenvalue weighted by Crippen LogP contribution is 2.31. The van der Waals surface area contributed by atoms with Gasteiger partial charge in [0, 0.05) is 23.6 Å². The molecule has 1 unspecified atom stereocenters. The molecule has 19 heavy (non-hydrogen) atoms. The average molecular weight is 324 g/mol. The lowest BCUT2D eigenvalue weighted by Gasteiger charge is -2.45. The molecule has 3 nitrogen and oxygen atoms in total. The number of carbonyl (C=O) groups is 1. The zero-order valence-corrected chi connectivity index (χ0v) is 12.4. The molecule has 1 aliphatic carbocycles. The summed E-state index contributed by atoms with van der Waals surface area (Å²) in [6.07, 6.45) is 3.78. The quantitative estimate of drug-likeness (QED) is 0.929. The minimum absolute atomic E-state index is 0.326. The molecular weight excluding hydrogens is 306 g/mol. The Labute approximate surface area is 121 Å². The number of aliphatic carboxylic acids is 1. The van der Waals surface area contributed by atoms with Crippen molar-refractivity contribution in [1.82, 2.24) is 4.90 Å². The van der Waals surface area contributed by atoms with Crippen LogP contribution in [0.1, 0.15) is 24.0 Å². The van der Waals surface area contributed by atoms with Crippen LogP contribution in [0, 0.1) is 5.92 Å². The van der Waals surface area contributed by atoms with E-state index in [1.54, 1.807) is 0 Å². The number of rotatable bonds is 3. The summed E-state index contributed by atoms with van der Waals surface area (Å²) < 4.78 is 1.16. The Morgan fingerprint density at radius 3 is 2.89 bits per heavy atom. The molecule has 1 N–H and O–H groups in total. The zero-order chi connectivity index (χ0) is 13.4. The smallest absolute Gasteiger partial charge is 0.303 e. The summed E-state index contributed by atoms with van der Waals surface area (Å²) in [7, 11) is 0. The Balaban J connectivity index is 1.58. The van der Waals surface area contributed by atoms with Gasteiger partial charge in [-0.1, -0.05) is 22.0 Å². The van der Waals surface area contributed by atoms with Crippen LogP contribution in [0.25, 0.3) is 0 Å². The predicted molar refractivity (Wildman–Crippen MR) is 77.3 cm³/mol. The molecule has 0 aromatic heterocycles. The molecule has 1 aromatic carbocycles. The number of hydrogen-bond donors (Lipinski definition) is 1. The van der Waals surface area contributed by atoms with Crippen molar-refractivity contribution in [2.24, 2.45) is 5.92 Å². The van der Waals surface area contributed by atoms with E-state index in [1.165, 1.54) is 17.5 Å². The molecule has 1 aliphatic heterocycles. The van der Waals surface area contributed by atoms with Gasteiger partial charge in [0.05, 0.1) is 6.42 Å². The Bertz CT molecular complexity index is 497. The summed E-state index contributed by atoms with van der Waals surface area (Å²) in [5, 5.41) is 8.78. The van der Waals surface area contributed by atoms with Crippen LogP contribution in [0.5, 0.6) is 0 Å². The van der Waals surface area contributed by atoms with Crippen molar-refractivity contribution in [3.63, 3.8) is 0 Å². The SMILES string of the molecule is O=C(O)CC1CN(C2CCc3cc(Br)ccc3C2)C1. The first-order chi connectivity index (χ1) is 9.11. The van der Waals surface area contributed by atoms with E-state index in [0.29, 0.717) is 18.4 Å². The Hall–Kier alpha value is -0.870. The van der Waals surface area contributed by atoms with Crippen LogP contribution in [0.4, 0.5) is 0 Å². The molecule has 1 heterocycles. The Morgan fingerprint density at radius 2 is 2.16 bits per heavy atom.